The van der Waals surface area contributed by atoms with Gasteiger partial charge in [-0.15, -0.1) is 0 Å². The third kappa shape index (κ3) is 1.54. The Balaban J connectivity index is 2.33. The van der Waals surface area contributed by atoms with Gasteiger partial charge < -0.3 is 5.11 Å². The maximum atomic E-state index is 8.78. The third-order valence-electron chi connectivity index (χ3n) is 1.65. The van der Waals surface area contributed by atoms with E-state index in [4.69, 9.17) is 5.11 Å². The van der Waals surface area contributed by atoms with E-state index < -0.39 is 0 Å². The van der Waals surface area contributed by atoms with E-state index in [2.05, 4.69) is 15.1 Å². The SMILES string of the molecule is OCc1ccc(-n2cncn2)nc1. The van der Waals surface area contributed by atoms with Crippen LogP contribution in [0, 0.1) is 0 Å². The molecule has 1 N–H and O–H groups in total. The largest absolute Gasteiger partial charge is 0.392 e. The summed E-state index contributed by atoms with van der Waals surface area (Å²) in [6, 6.07) is 3.57. The summed E-state index contributed by atoms with van der Waals surface area (Å²) in [6.07, 6.45) is 4.62. The first-order valence-corrected chi connectivity index (χ1v) is 3.81. The number of aliphatic hydroxyl groups is 1. The molecular formula is C8H8N4O. The van der Waals surface area contributed by atoms with Gasteiger partial charge in [0.15, 0.2) is 5.82 Å². The molecule has 0 fully saturated rings. The molecule has 0 atom stereocenters. The molecule has 0 radical (unpaired) electrons. The predicted octanol–water partition coefficient (Wildman–Crippen LogP) is 0.155. The second-order valence-corrected chi connectivity index (χ2v) is 2.52. The summed E-state index contributed by atoms with van der Waals surface area (Å²) < 4.78 is 1.56. The Labute approximate surface area is 74.7 Å². The van der Waals surface area contributed by atoms with E-state index in [0.717, 1.165) is 5.56 Å². The van der Waals surface area contributed by atoms with Crippen molar-refractivity contribution in [2.45, 2.75) is 6.61 Å². The normalized spacial score (nSPS) is 10.2. The molecule has 66 valence electrons. The lowest BCUT2D eigenvalue weighted by Gasteiger charge is -1.99. The maximum Gasteiger partial charge on any atom is 0.155 e. The quantitative estimate of drug-likeness (QED) is 0.707. The minimum atomic E-state index is 0.00460. The molecule has 0 aliphatic heterocycles. The zero-order valence-corrected chi connectivity index (χ0v) is 6.83. The van der Waals surface area contributed by atoms with E-state index >= 15 is 0 Å². The maximum absolute atomic E-state index is 8.78. The average Bonchev–Trinajstić information content (AvgIpc) is 2.71. The second kappa shape index (κ2) is 3.32. The molecule has 2 aromatic rings. The molecule has 2 aromatic heterocycles. The van der Waals surface area contributed by atoms with Gasteiger partial charge in [0.25, 0.3) is 0 Å². The average molecular weight is 176 g/mol. The van der Waals surface area contributed by atoms with Gasteiger partial charge in [-0.05, 0) is 11.6 Å². The molecule has 0 spiro atoms. The van der Waals surface area contributed by atoms with Crippen molar-refractivity contribution < 1.29 is 5.11 Å². The van der Waals surface area contributed by atoms with Crippen LogP contribution in [-0.4, -0.2) is 24.9 Å². The van der Waals surface area contributed by atoms with Crippen molar-refractivity contribution in [1.82, 2.24) is 19.7 Å². The Hall–Kier alpha value is -1.75. The first-order valence-electron chi connectivity index (χ1n) is 3.81. The molecule has 2 rings (SSSR count). The van der Waals surface area contributed by atoms with Crippen LogP contribution >= 0.6 is 0 Å². The van der Waals surface area contributed by atoms with Gasteiger partial charge in [0.2, 0.25) is 0 Å². The Morgan fingerprint density at radius 2 is 2.31 bits per heavy atom. The highest BCUT2D eigenvalue weighted by molar-refractivity contribution is 5.23. The van der Waals surface area contributed by atoms with Crippen LogP contribution in [0.2, 0.25) is 0 Å². The van der Waals surface area contributed by atoms with Crippen LogP contribution in [0.15, 0.2) is 31.0 Å². The third-order valence-corrected chi connectivity index (χ3v) is 1.65. The van der Waals surface area contributed by atoms with Crippen LogP contribution in [0.1, 0.15) is 5.56 Å². The van der Waals surface area contributed by atoms with Crippen molar-refractivity contribution in [1.29, 1.82) is 0 Å². The van der Waals surface area contributed by atoms with E-state index in [1.165, 1.54) is 6.33 Å². The van der Waals surface area contributed by atoms with Crippen molar-refractivity contribution >= 4 is 0 Å². The summed E-state index contributed by atoms with van der Waals surface area (Å²) in [5.74, 6) is 0.690. The van der Waals surface area contributed by atoms with E-state index in [-0.39, 0.29) is 6.61 Å². The van der Waals surface area contributed by atoms with Crippen molar-refractivity contribution in [2.24, 2.45) is 0 Å². The summed E-state index contributed by atoms with van der Waals surface area (Å²) in [4.78, 5) is 7.90. The minimum absolute atomic E-state index is 0.00460. The van der Waals surface area contributed by atoms with Crippen LogP contribution in [0.4, 0.5) is 0 Å². The van der Waals surface area contributed by atoms with Gasteiger partial charge in [-0.25, -0.2) is 14.6 Å². The van der Waals surface area contributed by atoms with Crippen LogP contribution in [0.25, 0.3) is 5.82 Å². The fourth-order valence-corrected chi connectivity index (χ4v) is 0.972. The minimum Gasteiger partial charge on any atom is -0.392 e. The Morgan fingerprint density at radius 3 is 2.85 bits per heavy atom. The number of hydrogen-bond acceptors (Lipinski definition) is 4. The van der Waals surface area contributed by atoms with Crippen molar-refractivity contribution in [3.05, 3.63) is 36.5 Å². The molecule has 0 amide bonds. The van der Waals surface area contributed by atoms with Crippen LogP contribution in [0.5, 0.6) is 0 Å². The Kier molecular flexibility index (Phi) is 2.01. The van der Waals surface area contributed by atoms with Gasteiger partial charge in [-0.2, -0.15) is 5.10 Å². The van der Waals surface area contributed by atoms with Gasteiger partial charge in [-0.1, -0.05) is 6.07 Å². The molecule has 0 unspecified atom stereocenters. The highest BCUT2D eigenvalue weighted by Gasteiger charge is 1.97. The predicted molar refractivity (Wildman–Crippen MR) is 45.1 cm³/mol. The molecule has 13 heavy (non-hydrogen) atoms. The lowest BCUT2D eigenvalue weighted by Crippen LogP contribution is -1.98. The van der Waals surface area contributed by atoms with Crippen LogP contribution < -0.4 is 0 Å². The van der Waals surface area contributed by atoms with Gasteiger partial charge in [-0.3, -0.25) is 0 Å². The smallest absolute Gasteiger partial charge is 0.155 e. The van der Waals surface area contributed by atoms with Crippen LogP contribution in [0.3, 0.4) is 0 Å². The van der Waals surface area contributed by atoms with E-state index in [1.807, 2.05) is 0 Å². The van der Waals surface area contributed by atoms with E-state index in [1.54, 1.807) is 29.3 Å². The Bertz CT molecular complexity index is 368. The fraction of sp³-hybridized carbons (Fsp3) is 0.125. The number of rotatable bonds is 2. The standard InChI is InChI=1S/C8H8N4O/c13-4-7-1-2-8(10-3-7)12-6-9-5-11-12/h1-3,5-6,13H,4H2. The topological polar surface area (TPSA) is 63.8 Å². The summed E-state index contributed by atoms with van der Waals surface area (Å²) in [5, 5.41) is 12.7. The lowest BCUT2D eigenvalue weighted by molar-refractivity contribution is 0.281. The number of nitrogens with zero attached hydrogens (tertiary/aromatic N) is 4. The molecular weight excluding hydrogens is 168 g/mol. The number of aromatic nitrogens is 4. The van der Waals surface area contributed by atoms with Gasteiger partial charge in [0, 0.05) is 6.20 Å². The first kappa shape index (κ1) is 7.88. The highest BCUT2D eigenvalue weighted by Crippen LogP contribution is 2.03. The zero-order valence-electron chi connectivity index (χ0n) is 6.83. The van der Waals surface area contributed by atoms with Crippen LogP contribution in [-0.2, 0) is 6.61 Å². The summed E-state index contributed by atoms with van der Waals surface area (Å²) in [7, 11) is 0. The molecule has 0 aliphatic carbocycles. The summed E-state index contributed by atoms with van der Waals surface area (Å²) in [5.41, 5.74) is 0.781. The highest BCUT2D eigenvalue weighted by atomic mass is 16.3. The molecule has 0 bridgehead atoms. The number of hydrogen-bond donors (Lipinski definition) is 1. The van der Waals surface area contributed by atoms with Crippen molar-refractivity contribution in [3.63, 3.8) is 0 Å². The molecule has 0 aromatic carbocycles. The van der Waals surface area contributed by atoms with Gasteiger partial charge in [0.05, 0.1) is 6.61 Å². The molecule has 5 heteroatoms. The fourth-order valence-electron chi connectivity index (χ4n) is 0.972. The first-order chi connectivity index (χ1) is 6.40. The van der Waals surface area contributed by atoms with Gasteiger partial charge in [0.1, 0.15) is 12.7 Å². The molecule has 0 aliphatic rings. The molecule has 0 saturated carbocycles. The summed E-state index contributed by atoms with van der Waals surface area (Å²) in [6.45, 7) is 0.00460. The van der Waals surface area contributed by atoms with E-state index in [9.17, 15) is 0 Å². The van der Waals surface area contributed by atoms with Crippen molar-refractivity contribution in [3.8, 4) is 5.82 Å². The number of aliphatic hydroxyl groups excluding tert-OH is 1. The summed E-state index contributed by atoms with van der Waals surface area (Å²) >= 11 is 0. The number of pyridine rings is 1. The molecule has 5 nitrogen and oxygen atoms in total. The molecule has 2 heterocycles. The Morgan fingerprint density at radius 1 is 1.38 bits per heavy atom. The van der Waals surface area contributed by atoms with E-state index in [0.29, 0.717) is 5.82 Å². The second-order valence-electron chi connectivity index (χ2n) is 2.52. The van der Waals surface area contributed by atoms with Gasteiger partial charge >= 0.3 is 0 Å². The monoisotopic (exact) mass is 176 g/mol. The molecule has 0 saturated heterocycles. The zero-order chi connectivity index (χ0) is 9.10. The van der Waals surface area contributed by atoms with Crippen molar-refractivity contribution in [2.75, 3.05) is 0 Å². The lowest BCUT2D eigenvalue weighted by atomic mass is 10.3.